The Kier molecular flexibility index (Phi) is 8.05. The number of nitrogens with zero attached hydrogens (tertiary/aromatic N) is 1. The van der Waals surface area contributed by atoms with Gasteiger partial charge >= 0.3 is 12.0 Å². The first-order chi connectivity index (χ1) is 13.8. The van der Waals surface area contributed by atoms with Crippen LogP contribution in [0.4, 0.5) is 9.18 Å². The van der Waals surface area contributed by atoms with Crippen molar-refractivity contribution in [3.63, 3.8) is 0 Å². The van der Waals surface area contributed by atoms with Crippen LogP contribution >= 0.6 is 0 Å². The average Bonchev–Trinajstić information content (AvgIpc) is 2.71. The van der Waals surface area contributed by atoms with Gasteiger partial charge in [0, 0.05) is 19.6 Å². The Labute approximate surface area is 167 Å². The zero-order valence-corrected chi connectivity index (χ0v) is 16.6. The second-order valence-electron chi connectivity index (χ2n) is 6.04. The minimum absolute atomic E-state index is 0.139. The van der Waals surface area contributed by atoms with E-state index >= 15 is 0 Å². The van der Waals surface area contributed by atoms with Crippen molar-refractivity contribution < 1.29 is 36.7 Å². The predicted molar refractivity (Wildman–Crippen MR) is 98.1 cm³/mol. The summed E-state index contributed by atoms with van der Waals surface area (Å²) in [5, 5.41) is 4.34. The second-order valence-corrected chi connectivity index (χ2v) is 7.98. The van der Waals surface area contributed by atoms with Crippen molar-refractivity contribution in [3.05, 3.63) is 29.6 Å². The van der Waals surface area contributed by atoms with Gasteiger partial charge in [0.2, 0.25) is 10.0 Å². The van der Waals surface area contributed by atoms with Crippen molar-refractivity contribution >= 4 is 27.9 Å². The van der Waals surface area contributed by atoms with Gasteiger partial charge in [0.25, 0.3) is 5.91 Å². The summed E-state index contributed by atoms with van der Waals surface area (Å²) in [6, 6.07) is 1.98. The molecule has 1 fully saturated rings. The zero-order valence-electron chi connectivity index (χ0n) is 15.8. The Hall–Kier alpha value is -2.57. The van der Waals surface area contributed by atoms with E-state index in [1.165, 1.54) is 4.31 Å². The molecule has 0 atom stereocenters. The molecule has 0 saturated carbocycles. The van der Waals surface area contributed by atoms with Crippen molar-refractivity contribution in [1.29, 1.82) is 0 Å². The summed E-state index contributed by atoms with van der Waals surface area (Å²) in [7, 11) is -3.94. The lowest BCUT2D eigenvalue weighted by molar-refractivity contribution is -0.123. The van der Waals surface area contributed by atoms with Crippen LogP contribution in [0, 0.1) is 5.82 Å². The van der Waals surface area contributed by atoms with Crippen LogP contribution in [0.25, 0.3) is 0 Å². The number of esters is 1. The number of hydrogen-bond acceptors (Lipinski definition) is 7. The molecule has 0 aliphatic carbocycles. The summed E-state index contributed by atoms with van der Waals surface area (Å²) in [5.74, 6) is -3.15. The van der Waals surface area contributed by atoms with E-state index in [2.05, 4.69) is 10.1 Å². The van der Waals surface area contributed by atoms with Crippen LogP contribution in [-0.4, -0.2) is 70.1 Å². The minimum atomic E-state index is -3.94. The molecule has 1 saturated heterocycles. The van der Waals surface area contributed by atoms with Crippen molar-refractivity contribution in [3.8, 4) is 0 Å². The molecule has 2 N–H and O–H groups in total. The summed E-state index contributed by atoms with van der Waals surface area (Å²) in [6.07, 6.45) is 0.666. The van der Waals surface area contributed by atoms with Crippen molar-refractivity contribution in [2.45, 2.75) is 18.2 Å². The first kappa shape index (κ1) is 22.7. The number of urea groups is 1. The smallest absolute Gasteiger partial charge is 0.341 e. The molecule has 1 heterocycles. The maximum atomic E-state index is 14.0. The largest absolute Gasteiger partial charge is 0.452 e. The zero-order chi connectivity index (χ0) is 21.4. The van der Waals surface area contributed by atoms with Gasteiger partial charge in [-0.25, -0.2) is 22.4 Å². The fraction of sp³-hybridized carbons (Fsp3) is 0.471. The molecule has 1 aliphatic rings. The van der Waals surface area contributed by atoms with Gasteiger partial charge in [-0.2, -0.15) is 4.31 Å². The minimum Gasteiger partial charge on any atom is -0.452 e. The van der Waals surface area contributed by atoms with Crippen LogP contribution in [0.2, 0.25) is 0 Å². The molecule has 1 aromatic carbocycles. The van der Waals surface area contributed by atoms with Crippen LogP contribution in [0.1, 0.15) is 23.7 Å². The molecule has 29 heavy (non-hydrogen) atoms. The molecule has 160 valence electrons. The van der Waals surface area contributed by atoms with E-state index in [0.717, 1.165) is 18.2 Å². The first-order valence-corrected chi connectivity index (χ1v) is 10.3. The van der Waals surface area contributed by atoms with E-state index in [1.54, 1.807) is 0 Å². The number of benzene rings is 1. The Morgan fingerprint density at radius 3 is 2.59 bits per heavy atom. The van der Waals surface area contributed by atoms with Gasteiger partial charge in [0.05, 0.1) is 23.7 Å². The quantitative estimate of drug-likeness (QED) is 0.591. The number of ether oxygens (including phenoxy) is 2. The maximum Gasteiger partial charge on any atom is 0.341 e. The molecule has 1 aliphatic heterocycles. The van der Waals surface area contributed by atoms with E-state index in [9.17, 15) is 27.2 Å². The van der Waals surface area contributed by atoms with Gasteiger partial charge in [-0.15, -0.1) is 0 Å². The lowest BCUT2D eigenvalue weighted by atomic mass is 10.2. The monoisotopic (exact) mass is 431 g/mol. The summed E-state index contributed by atoms with van der Waals surface area (Å²) < 4.78 is 50.3. The van der Waals surface area contributed by atoms with Crippen molar-refractivity contribution in [2.24, 2.45) is 0 Å². The van der Waals surface area contributed by atoms with E-state index in [4.69, 9.17) is 4.74 Å². The highest BCUT2D eigenvalue weighted by atomic mass is 32.2. The number of morpholine rings is 1. The molecule has 3 amide bonds. The first-order valence-electron chi connectivity index (χ1n) is 8.88. The van der Waals surface area contributed by atoms with Crippen LogP contribution in [0.5, 0.6) is 0 Å². The molecule has 0 unspecified atom stereocenters. The van der Waals surface area contributed by atoms with E-state index < -0.39 is 45.9 Å². The third-order valence-corrected chi connectivity index (χ3v) is 5.78. The van der Waals surface area contributed by atoms with E-state index in [0.29, 0.717) is 13.0 Å². The second kappa shape index (κ2) is 10.3. The number of amides is 3. The van der Waals surface area contributed by atoms with E-state index in [-0.39, 0.29) is 31.2 Å². The van der Waals surface area contributed by atoms with Crippen LogP contribution in [0.3, 0.4) is 0 Å². The van der Waals surface area contributed by atoms with Crippen LogP contribution in [-0.2, 0) is 24.3 Å². The fourth-order valence-electron chi connectivity index (χ4n) is 2.41. The summed E-state index contributed by atoms with van der Waals surface area (Å²) in [6.45, 7) is 2.09. The highest BCUT2D eigenvalue weighted by molar-refractivity contribution is 7.89. The van der Waals surface area contributed by atoms with Crippen molar-refractivity contribution in [2.75, 3.05) is 39.5 Å². The Balaban J connectivity index is 2.04. The third kappa shape index (κ3) is 6.21. The number of carbonyl (C=O) groups is 3. The standard InChI is InChI=1S/C17H22FN3O7S/c1-2-5-19-17(24)20-15(22)11-28-16(23)13-10-12(3-4-14(13)18)29(25,26)21-6-8-27-9-7-21/h3-4,10H,2,5-9,11H2,1H3,(H2,19,20,22,24). The molecule has 0 bridgehead atoms. The molecule has 12 heteroatoms. The number of hydrogen-bond donors (Lipinski definition) is 2. The number of carbonyl (C=O) groups excluding carboxylic acids is 3. The summed E-state index contributed by atoms with van der Waals surface area (Å²) in [4.78, 5) is 34.8. The Bertz CT molecular complexity index is 870. The van der Waals surface area contributed by atoms with Gasteiger partial charge in [0.15, 0.2) is 6.61 Å². The van der Waals surface area contributed by atoms with Gasteiger partial charge in [-0.3, -0.25) is 10.1 Å². The van der Waals surface area contributed by atoms with Crippen molar-refractivity contribution in [1.82, 2.24) is 14.9 Å². The van der Waals surface area contributed by atoms with Gasteiger partial charge in [0.1, 0.15) is 5.82 Å². The number of halogens is 1. The van der Waals surface area contributed by atoms with Gasteiger partial charge < -0.3 is 14.8 Å². The summed E-state index contributed by atoms with van der Waals surface area (Å²) in [5.41, 5.74) is -0.637. The van der Waals surface area contributed by atoms with Gasteiger partial charge in [-0.05, 0) is 24.6 Å². The van der Waals surface area contributed by atoms with E-state index in [1.807, 2.05) is 12.2 Å². The number of rotatable bonds is 7. The number of nitrogens with one attached hydrogen (secondary N) is 2. The Morgan fingerprint density at radius 1 is 1.24 bits per heavy atom. The molecular weight excluding hydrogens is 409 g/mol. The number of sulfonamides is 1. The fourth-order valence-corrected chi connectivity index (χ4v) is 3.85. The molecule has 0 spiro atoms. The third-order valence-electron chi connectivity index (χ3n) is 3.89. The van der Waals surface area contributed by atoms with Crippen LogP contribution in [0.15, 0.2) is 23.1 Å². The SMILES string of the molecule is CCCNC(=O)NC(=O)COC(=O)c1cc(S(=O)(=O)N2CCOCC2)ccc1F. The highest BCUT2D eigenvalue weighted by Gasteiger charge is 2.28. The summed E-state index contributed by atoms with van der Waals surface area (Å²) >= 11 is 0. The normalized spacial score (nSPS) is 14.8. The topological polar surface area (TPSA) is 131 Å². The highest BCUT2D eigenvalue weighted by Crippen LogP contribution is 2.20. The molecule has 2 rings (SSSR count). The lowest BCUT2D eigenvalue weighted by Gasteiger charge is -2.26. The average molecular weight is 431 g/mol. The molecule has 0 aromatic heterocycles. The maximum absolute atomic E-state index is 14.0. The molecule has 1 aromatic rings. The predicted octanol–water partition coefficient (Wildman–Crippen LogP) is 0.239. The van der Waals surface area contributed by atoms with Gasteiger partial charge in [-0.1, -0.05) is 6.92 Å². The lowest BCUT2D eigenvalue weighted by Crippen LogP contribution is -2.41. The Morgan fingerprint density at radius 2 is 1.93 bits per heavy atom. The molecule has 10 nitrogen and oxygen atoms in total. The molecule has 0 radical (unpaired) electrons. The molecular formula is C17H22FN3O7S. The number of imide groups is 1. The van der Waals surface area contributed by atoms with Crippen LogP contribution < -0.4 is 10.6 Å².